The van der Waals surface area contributed by atoms with Crippen LogP contribution in [0, 0.1) is 0 Å². The van der Waals surface area contributed by atoms with Crippen LogP contribution in [0.25, 0.3) is 22.2 Å². The van der Waals surface area contributed by atoms with E-state index in [2.05, 4.69) is 18.1 Å². The molecular weight excluding hydrogens is 482 g/mol. The maximum Gasteiger partial charge on any atom is 0.310 e. The van der Waals surface area contributed by atoms with Gasteiger partial charge in [0.1, 0.15) is 11.4 Å². The number of rotatable bonds is 11. The molecule has 3 aromatic carbocycles. The summed E-state index contributed by atoms with van der Waals surface area (Å²) >= 11 is 8.04. The Bertz CT molecular complexity index is 1320. The summed E-state index contributed by atoms with van der Waals surface area (Å²) in [5.41, 5.74) is 4.52. The van der Waals surface area contributed by atoms with Crippen LogP contribution < -0.4 is 4.74 Å². The van der Waals surface area contributed by atoms with Crippen LogP contribution >= 0.6 is 23.4 Å². The van der Waals surface area contributed by atoms with Gasteiger partial charge in [-0.2, -0.15) is 0 Å². The summed E-state index contributed by atoms with van der Waals surface area (Å²) in [5.74, 6) is 0.279. The van der Waals surface area contributed by atoms with Crippen LogP contribution in [0.5, 0.6) is 5.75 Å². The number of halogens is 1. The Morgan fingerprint density at radius 1 is 1.17 bits per heavy atom. The minimum atomic E-state index is -0.859. The first kappa shape index (κ1) is 25.1. The standard InChI is InChI=1S/C28H28ClNO4S/c1-3-8-20-21(27-22-9-4-5-11-25(22)34-30-27)10-6-12-24(20)33-15-7-16-35-26-14-13-19(17-23(26)29)18(2)28(31)32/h4-6,9-14,17-18H,3,7-8,15-16H2,1-2H3,(H,31,32). The molecule has 0 radical (unpaired) electrons. The van der Waals surface area contributed by atoms with Gasteiger partial charge in [0, 0.05) is 27.2 Å². The number of hydrogen-bond acceptors (Lipinski definition) is 5. The lowest BCUT2D eigenvalue weighted by Crippen LogP contribution is -2.07. The zero-order chi connectivity index (χ0) is 24.8. The molecule has 0 aliphatic heterocycles. The average molecular weight is 510 g/mol. The third kappa shape index (κ3) is 5.82. The van der Waals surface area contributed by atoms with Gasteiger partial charge in [-0.1, -0.05) is 60.4 Å². The smallest absolute Gasteiger partial charge is 0.310 e. The molecule has 1 atom stereocenters. The van der Waals surface area contributed by atoms with Gasteiger partial charge < -0.3 is 14.4 Å². The minimum absolute atomic E-state index is 0.580. The van der Waals surface area contributed by atoms with Gasteiger partial charge in [0.05, 0.1) is 17.5 Å². The fourth-order valence-electron chi connectivity index (χ4n) is 3.98. The lowest BCUT2D eigenvalue weighted by molar-refractivity contribution is -0.138. The van der Waals surface area contributed by atoms with E-state index in [1.807, 2.05) is 48.5 Å². The zero-order valence-corrected chi connectivity index (χ0v) is 21.4. The Morgan fingerprint density at radius 3 is 2.77 bits per heavy atom. The van der Waals surface area contributed by atoms with Crippen LogP contribution in [0.1, 0.15) is 43.7 Å². The number of ether oxygens (including phenoxy) is 1. The van der Waals surface area contributed by atoms with Gasteiger partial charge >= 0.3 is 5.97 Å². The van der Waals surface area contributed by atoms with Gasteiger partial charge in [0.2, 0.25) is 0 Å². The highest BCUT2D eigenvalue weighted by Gasteiger charge is 2.17. The SMILES string of the molecule is CCCc1c(OCCCSc2ccc(C(C)C(=O)O)cc2Cl)cccc1-c1noc2ccccc12. The fourth-order valence-corrected chi connectivity index (χ4v) is 5.18. The highest BCUT2D eigenvalue weighted by molar-refractivity contribution is 7.99. The van der Waals surface area contributed by atoms with Crippen molar-refractivity contribution in [2.24, 2.45) is 0 Å². The van der Waals surface area contributed by atoms with Crippen LogP contribution in [0.15, 0.2) is 70.1 Å². The summed E-state index contributed by atoms with van der Waals surface area (Å²) in [6.45, 7) is 4.40. The summed E-state index contributed by atoms with van der Waals surface area (Å²) in [5, 5.41) is 15.1. The summed E-state index contributed by atoms with van der Waals surface area (Å²) < 4.78 is 11.8. The van der Waals surface area contributed by atoms with Gasteiger partial charge in [-0.15, -0.1) is 11.8 Å². The number of aliphatic carboxylic acids is 1. The van der Waals surface area contributed by atoms with Crippen molar-refractivity contribution in [1.29, 1.82) is 0 Å². The van der Waals surface area contributed by atoms with E-state index >= 15 is 0 Å². The van der Waals surface area contributed by atoms with E-state index in [-0.39, 0.29) is 0 Å². The molecule has 0 aliphatic carbocycles. The summed E-state index contributed by atoms with van der Waals surface area (Å²) in [4.78, 5) is 12.1. The zero-order valence-electron chi connectivity index (χ0n) is 19.8. The van der Waals surface area contributed by atoms with Crippen LogP contribution in [-0.4, -0.2) is 28.6 Å². The number of carboxylic acids is 1. The van der Waals surface area contributed by atoms with Crippen molar-refractivity contribution in [2.75, 3.05) is 12.4 Å². The van der Waals surface area contributed by atoms with E-state index in [0.717, 1.165) is 63.5 Å². The molecule has 0 spiro atoms. The number of carbonyl (C=O) groups is 1. The lowest BCUT2D eigenvalue weighted by atomic mass is 9.97. The molecule has 1 heterocycles. The summed E-state index contributed by atoms with van der Waals surface area (Å²) in [7, 11) is 0. The van der Waals surface area contributed by atoms with Crippen LogP contribution in [0.3, 0.4) is 0 Å². The highest BCUT2D eigenvalue weighted by atomic mass is 35.5. The molecule has 4 aromatic rings. The molecule has 1 N–H and O–H groups in total. The molecule has 0 bridgehead atoms. The van der Waals surface area contributed by atoms with E-state index in [1.54, 1.807) is 24.8 Å². The number of aromatic nitrogens is 1. The molecule has 0 saturated carbocycles. The Balaban J connectivity index is 1.40. The third-order valence-electron chi connectivity index (χ3n) is 5.90. The Labute approximate surface area is 214 Å². The molecule has 1 aromatic heterocycles. The predicted molar refractivity (Wildman–Crippen MR) is 142 cm³/mol. The molecule has 4 rings (SSSR count). The van der Waals surface area contributed by atoms with Crippen molar-refractivity contribution < 1.29 is 19.2 Å². The van der Waals surface area contributed by atoms with Crippen molar-refractivity contribution in [3.63, 3.8) is 0 Å². The second-order valence-corrected chi connectivity index (χ2v) is 9.90. The van der Waals surface area contributed by atoms with E-state index in [4.69, 9.17) is 20.9 Å². The van der Waals surface area contributed by atoms with Crippen molar-refractivity contribution in [3.05, 3.63) is 76.8 Å². The molecule has 7 heteroatoms. The predicted octanol–water partition coefficient (Wildman–Crippen LogP) is 7.85. The molecule has 0 aliphatic rings. The van der Waals surface area contributed by atoms with Gasteiger partial charge in [-0.3, -0.25) is 4.79 Å². The lowest BCUT2D eigenvalue weighted by Gasteiger charge is -2.15. The normalized spacial score (nSPS) is 12.1. The number of para-hydroxylation sites is 1. The quantitative estimate of drug-likeness (QED) is 0.164. The molecule has 0 amide bonds. The molecule has 182 valence electrons. The van der Waals surface area contributed by atoms with E-state index in [0.29, 0.717) is 17.2 Å². The van der Waals surface area contributed by atoms with Crippen molar-refractivity contribution in [3.8, 4) is 17.0 Å². The maximum atomic E-state index is 11.2. The third-order valence-corrected chi connectivity index (χ3v) is 7.48. The molecule has 5 nitrogen and oxygen atoms in total. The van der Waals surface area contributed by atoms with Crippen molar-refractivity contribution in [1.82, 2.24) is 5.16 Å². The molecule has 0 saturated heterocycles. The number of thioether (sulfide) groups is 1. The number of carboxylic acid groups (broad SMARTS) is 1. The summed E-state index contributed by atoms with van der Waals surface area (Å²) in [6, 6.07) is 19.5. The minimum Gasteiger partial charge on any atom is -0.493 e. The first-order chi connectivity index (χ1) is 17.0. The molecular formula is C28H28ClNO4S. The highest BCUT2D eigenvalue weighted by Crippen LogP contribution is 2.36. The average Bonchev–Trinajstić information content (AvgIpc) is 3.29. The van der Waals surface area contributed by atoms with E-state index in [1.165, 1.54) is 0 Å². The topological polar surface area (TPSA) is 72.6 Å². The second kappa shape index (κ2) is 11.6. The summed E-state index contributed by atoms with van der Waals surface area (Å²) in [6.07, 6.45) is 2.73. The first-order valence-corrected chi connectivity index (χ1v) is 13.1. The Morgan fingerprint density at radius 2 is 2.00 bits per heavy atom. The maximum absolute atomic E-state index is 11.2. The number of fused-ring (bicyclic) bond motifs is 1. The van der Waals surface area contributed by atoms with Crippen LogP contribution in [-0.2, 0) is 11.2 Å². The van der Waals surface area contributed by atoms with Gasteiger partial charge in [0.25, 0.3) is 0 Å². The largest absolute Gasteiger partial charge is 0.493 e. The number of benzene rings is 3. The van der Waals surface area contributed by atoms with E-state index < -0.39 is 11.9 Å². The van der Waals surface area contributed by atoms with Gasteiger partial charge in [-0.05, 0) is 55.7 Å². The van der Waals surface area contributed by atoms with Crippen LogP contribution in [0.2, 0.25) is 5.02 Å². The van der Waals surface area contributed by atoms with Gasteiger partial charge in [-0.25, -0.2) is 0 Å². The molecule has 0 fully saturated rings. The molecule has 1 unspecified atom stereocenters. The van der Waals surface area contributed by atoms with Crippen LogP contribution in [0.4, 0.5) is 0 Å². The fraction of sp³-hybridized carbons (Fsp3) is 0.286. The van der Waals surface area contributed by atoms with Crippen molar-refractivity contribution >= 4 is 40.3 Å². The van der Waals surface area contributed by atoms with Crippen molar-refractivity contribution in [2.45, 2.75) is 43.9 Å². The Hall–Kier alpha value is -2.96. The second-order valence-electron chi connectivity index (χ2n) is 8.36. The number of nitrogens with zero attached hydrogens (tertiary/aromatic N) is 1. The van der Waals surface area contributed by atoms with Gasteiger partial charge in [0.15, 0.2) is 5.58 Å². The first-order valence-electron chi connectivity index (χ1n) is 11.7. The van der Waals surface area contributed by atoms with E-state index in [9.17, 15) is 9.90 Å². The Kier molecular flexibility index (Phi) is 8.37. The molecule has 35 heavy (non-hydrogen) atoms. The monoisotopic (exact) mass is 509 g/mol. The number of hydrogen-bond donors (Lipinski definition) is 1.